The van der Waals surface area contributed by atoms with Crippen molar-refractivity contribution in [3.63, 3.8) is 0 Å². The van der Waals surface area contributed by atoms with Gasteiger partial charge < -0.3 is 21.9 Å². The van der Waals surface area contributed by atoms with Gasteiger partial charge in [0.2, 0.25) is 0 Å². The third-order valence-corrected chi connectivity index (χ3v) is 3.05. The molecule has 0 unspecified atom stereocenters. The fraction of sp³-hybridized carbons (Fsp3) is 0. The quantitative estimate of drug-likeness (QED) is 0.227. The third-order valence-electron chi connectivity index (χ3n) is 3.05. The van der Waals surface area contributed by atoms with Gasteiger partial charge in [0.25, 0.3) is 0 Å². The van der Waals surface area contributed by atoms with E-state index >= 15 is 0 Å². The molecule has 6 nitrogen and oxygen atoms in total. The Hall–Kier alpha value is -3.28. The first-order chi connectivity index (χ1) is 10.6. The molecule has 0 aliphatic rings. The lowest BCUT2D eigenvalue weighted by atomic mass is 10.1. The second-order valence-electron chi connectivity index (χ2n) is 4.55. The van der Waals surface area contributed by atoms with E-state index in [9.17, 15) is 0 Å². The Morgan fingerprint density at radius 3 is 1.55 bits per heavy atom. The maximum Gasteiger partial charge on any atom is 0.170 e. The summed E-state index contributed by atoms with van der Waals surface area (Å²) in [6.07, 6.45) is 3.78. The molecule has 0 amide bonds. The van der Waals surface area contributed by atoms with Crippen molar-refractivity contribution in [3.05, 3.63) is 70.8 Å². The third kappa shape index (κ3) is 3.63. The summed E-state index contributed by atoms with van der Waals surface area (Å²) in [6.45, 7) is 0. The summed E-state index contributed by atoms with van der Waals surface area (Å²) in [5.74, 6) is 0.119. The van der Waals surface area contributed by atoms with E-state index in [1.165, 1.54) is 0 Å². The predicted molar refractivity (Wildman–Crippen MR) is 86.8 cm³/mol. The Labute approximate surface area is 127 Å². The minimum absolute atomic E-state index is 0.0594. The van der Waals surface area contributed by atoms with Crippen LogP contribution in [-0.2, 0) is 0 Å². The monoisotopic (exact) mass is 296 g/mol. The van der Waals surface area contributed by atoms with Gasteiger partial charge in [-0.25, -0.2) is 0 Å². The van der Waals surface area contributed by atoms with Crippen LogP contribution in [0.4, 0.5) is 0 Å². The van der Waals surface area contributed by atoms with Gasteiger partial charge in [0.15, 0.2) is 11.7 Å². The molecule has 0 aliphatic heterocycles. The first kappa shape index (κ1) is 15.1. The molecule has 2 aromatic rings. The van der Waals surface area contributed by atoms with Crippen molar-refractivity contribution < 1.29 is 10.4 Å². The average molecular weight is 296 g/mol. The van der Waals surface area contributed by atoms with Crippen LogP contribution in [0, 0.1) is 0 Å². The van der Waals surface area contributed by atoms with Crippen molar-refractivity contribution in [1.82, 2.24) is 0 Å². The summed E-state index contributed by atoms with van der Waals surface area (Å²) < 4.78 is 0. The van der Waals surface area contributed by atoms with Crippen LogP contribution in [0.1, 0.15) is 22.3 Å². The Morgan fingerprint density at radius 1 is 0.773 bits per heavy atom. The highest BCUT2D eigenvalue weighted by molar-refractivity contribution is 5.98. The molecule has 0 aromatic heterocycles. The summed E-state index contributed by atoms with van der Waals surface area (Å²) in [5.41, 5.74) is 14.2. The summed E-state index contributed by atoms with van der Waals surface area (Å²) in [6, 6.07) is 14.6. The van der Waals surface area contributed by atoms with E-state index < -0.39 is 0 Å². The zero-order chi connectivity index (χ0) is 15.9. The molecule has 2 aromatic carbocycles. The largest absolute Gasteiger partial charge is 0.409 e. The molecule has 0 saturated carbocycles. The van der Waals surface area contributed by atoms with Gasteiger partial charge in [-0.3, -0.25) is 0 Å². The number of benzene rings is 2. The zero-order valence-corrected chi connectivity index (χ0v) is 11.7. The van der Waals surface area contributed by atoms with Gasteiger partial charge in [-0.15, -0.1) is 0 Å². The molecule has 112 valence electrons. The van der Waals surface area contributed by atoms with Crippen molar-refractivity contribution in [3.8, 4) is 0 Å². The lowest BCUT2D eigenvalue weighted by molar-refractivity contribution is 0.318. The minimum Gasteiger partial charge on any atom is -0.409 e. The molecule has 0 fully saturated rings. The van der Waals surface area contributed by atoms with E-state index in [1.807, 2.05) is 36.4 Å². The number of nitrogens with zero attached hydrogens (tertiary/aromatic N) is 2. The first-order valence-corrected chi connectivity index (χ1v) is 6.48. The Balaban J connectivity index is 2.26. The van der Waals surface area contributed by atoms with Crippen LogP contribution in [0.25, 0.3) is 12.2 Å². The zero-order valence-electron chi connectivity index (χ0n) is 11.7. The number of nitrogens with two attached hydrogens (primary N) is 2. The van der Waals surface area contributed by atoms with E-state index in [-0.39, 0.29) is 11.7 Å². The van der Waals surface area contributed by atoms with Crippen LogP contribution >= 0.6 is 0 Å². The van der Waals surface area contributed by atoms with Gasteiger partial charge in [0.1, 0.15) is 0 Å². The van der Waals surface area contributed by atoms with E-state index in [0.29, 0.717) is 11.1 Å². The molecule has 0 heterocycles. The van der Waals surface area contributed by atoms with Crippen molar-refractivity contribution >= 4 is 23.8 Å². The van der Waals surface area contributed by atoms with Crippen LogP contribution in [0.3, 0.4) is 0 Å². The molecule has 6 N–H and O–H groups in total. The van der Waals surface area contributed by atoms with E-state index in [0.717, 1.165) is 11.1 Å². The van der Waals surface area contributed by atoms with E-state index in [4.69, 9.17) is 21.9 Å². The lowest BCUT2D eigenvalue weighted by Crippen LogP contribution is -2.12. The summed E-state index contributed by atoms with van der Waals surface area (Å²) in [7, 11) is 0. The molecule has 22 heavy (non-hydrogen) atoms. The SMILES string of the molecule is NC(=NO)c1cccc(C=Cc2cccc(C(N)=NO)c2)c1. The summed E-state index contributed by atoms with van der Waals surface area (Å²) in [4.78, 5) is 0. The van der Waals surface area contributed by atoms with Crippen LogP contribution in [0.2, 0.25) is 0 Å². The van der Waals surface area contributed by atoms with Crippen LogP contribution < -0.4 is 11.5 Å². The lowest BCUT2D eigenvalue weighted by Gasteiger charge is -2.01. The summed E-state index contributed by atoms with van der Waals surface area (Å²) >= 11 is 0. The maximum absolute atomic E-state index is 8.69. The maximum atomic E-state index is 8.69. The fourth-order valence-corrected chi connectivity index (χ4v) is 1.91. The van der Waals surface area contributed by atoms with Gasteiger partial charge in [0.05, 0.1) is 0 Å². The van der Waals surface area contributed by atoms with Crippen molar-refractivity contribution in [2.24, 2.45) is 21.8 Å². The molecule has 6 heteroatoms. The molecule has 0 atom stereocenters. The number of hydrogen-bond acceptors (Lipinski definition) is 4. The van der Waals surface area contributed by atoms with E-state index in [2.05, 4.69) is 10.3 Å². The second kappa shape index (κ2) is 6.94. The molecule has 0 spiro atoms. The Bertz CT molecular complexity index is 688. The molecule has 0 aliphatic carbocycles. The molecule has 0 saturated heterocycles. The van der Waals surface area contributed by atoms with E-state index in [1.54, 1.807) is 24.3 Å². The van der Waals surface area contributed by atoms with Crippen LogP contribution in [0.5, 0.6) is 0 Å². The number of hydrogen-bond donors (Lipinski definition) is 4. The van der Waals surface area contributed by atoms with Gasteiger partial charge in [0, 0.05) is 11.1 Å². The number of rotatable bonds is 4. The minimum atomic E-state index is 0.0594. The molecule has 2 rings (SSSR count). The van der Waals surface area contributed by atoms with Crippen molar-refractivity contribution in [1.29, 1.82) is 0 Å². The summed E-state index contributed by atoms with van der Waals surface area (Å²) in [5, 5.41) is 23.3. The Kier molecular flexibility index (Phi) is 4.77. The van der Waals surface area contributed by atoms with Gasteiger partial charge in [-0.2, -0.15) is 0 Å². The number of oxime groups is 2. The molecular weight excluding hydrogens is 280 g/mol. The fourth-order valence-electron chi connectivity index (χ4n) is 1.91. The van der Waals surface area contributed by atoms with Gasteiger partial charge in [-0.1, -0.05) is 58.9 Å². The second-order valence-corrected chi connectivity index (χ2v) is 4.55. The smallest absolute Gasteiger partial charge is 0.170 e. The highest BCUT2D eigenvalue weighted by Crippen LogP contribution is 2.12. The van der Waals surface area contributed by atoms with Crippen LogP contribution in [0.15, 0.2) is 58.8 Å². The highest BCUT2D eigenvalue weighted by atomic mass is 16.4. The Morgan fingerprint density at radius 2 is 1.18 bits per heavy atom. The predicted octanol–water partition coefficient (Wildman–Crippen LogP) is 2.05. The van der Waals surface area contributed by atoms with Crippen LogP contribution in [-0.4, -0.2) is 22.1 Å². The topological polar surface area (TPSA) is 117 Å². The first-order valence-electron chi connectivity index (χ1n) is 6.48. The highest BCUT2D eigenvalue weighted by Gasteiger charge is 2.00. The molecular formula is C16H16N4O2. The van der Waals surface area contributed by atoms with Crippen molar-refractivity contribution in [2.75, 3.05) is 0 Å². The normalized spacial score (nSPS) is 12.7. The van der Waals surface area contributed by atoms with Gasteiger partial charge in [-0.05, 0) is 23.3 Å². The standard InChI is InChI=1S/C16H16N4O2/c17-15(19-21)13-5-1-3-11(9-13)7-8-12-4-2-6-14(10-12)16(18)20-22/h1-10,21-22H,(H2,17,19)(H2,18,20). The van der Waals surface area contributed by atoms with Gasteiger partial charge >= 0.3 is 0 Å². The van der Waals surface area contributed by atoms with Crippen molar-refractivity contribution in [2.45, 2.75) is 0 Å². The molecule has 0 bridgehead atoms. The average Bonchev–Trinajstić information content (AvgIpc) is 2.59. The number of amidine groups is 2. The molecule has 0 radical (unpaired) electrons.